The Balaban J connectivity index is 3.72. The topological polar surface area (TPSA) is 76.7 Å². The minimum atomic E-state index is -0.529. The minimum Gasteiger partial charge on any atom is -0.450 e. The van der Waals surface area contributed by atoms with Crippen molar-refractivity contribution in [3.63, 3.8) is 0 Å². The van der Waals surface area contributed by atoms with E-state index in [1.54, 1.807) is 13.8 Å². The molecule has 0 aliphatic carbocycles. The lowest BCUT2D eigenvalue weighted by molar-refractivity contribution is 0.148. The highest BCUT2D eigenvalue weighted by molar-refractivity contribution is 5.68. The molecule has 0 aliphatic rings. The van der Waals surface area contributed by atoms with Crippen LogP contribution in [0.2, 0.25) is 0 Å². The predicted octanol–water partition coefficient (Wildman–Crippen LogP) is 1.26. The number of ether oxygens (including phenoxy) is 2. The lowest BCUT2D eigenvalue weighted by atomic mass is 10.1. The van der Waals surface area contributed by atoms with Gasteiger partial charge in [-0.2, -0.15) is 0 Å². The molecular weight excluding hydrogens is 236 g/mol. The molecular formula is C12H20N2O4. The van der Waals surface area contributed by atoms with Crippen molar-refractivity contribution < 1.29 is 19.1 Å². The third kappa shape index (κ3) is 8.28. The van der Waals surface area contributed by atoms with Gasteiger partial charge in [0.15, 0.2) is 0 Å². The largest absolute Gasteiger partial charge is 0.450 e. The maximum atomic E-state index is 11.1. The monoisotopic (exact) mass is 256 g/mol. The molecule has 2 amide bonds. The van der Waals surface area contributed by atoms with E-state index in [4.69, 9.17) is 15.9 Å². The van der Waals surface area contributed by atoms with E-state index in [2.05, 4.69) is 16.6 Å². The molecule has 0 bridgehead atoms. The first-order chi connectivity index (χ1) is 8.63. The third-order valence-electron chi connectivity index (χ3n) is 1.98. The number of alkyl carbamates (subject to hydrolysis) is 2. The van der Waals surface area contributed by atoms with Crippen LogP contribution in [0.5, 0.6) is 0 Å². The highest BCUT2D eigenvalue weighted by Crippen LogP contribution is 1.96. The molecule has 0 rings (SSSR count). The molecule has 18 heavy (non-hydrogen) atoms. The van der Waals surface area contributed by atoms with Crippen LogP contribution in [0.1, 0.15) is 26.7 Å². The zero-order valence-electron chi connectivity index (χ0n) is 10.8. The summed E-state index contributed by atoms with van der Waals surface area (Å²) in [4.78, 5) is 22.1. The van der Waals surface area contributed by atoms with E-state index in [-0.39, 0.29) is 0 Å². The number of rotatable bonds is 7. The average molecular weight is 256 g/mol. The molecule has 0 aromatic rings. The first kappa shape index (κ1) is 16.1. The summed E-state index contributed by atoms with van der Waals surface area (Å²) in [5, 5.41) is 5.11. The van der Waals surface area contributed by atoms with Crippen LogP contribution in [-0.2, 0) is 9.47 Å². The zero-order chi connectivity index (χ0) is 13.8. The number of carbonyl (C=O) groups excluding carboxylic acids is 2. The average Bonchev–Trinajstić information content (AvgIpc) is 2.33. The summed E-state index contributed by atoms with van der Waals surface area (Å²) >= 11 is 0. The second kappa shape index (κ2) is 10.3. The van der Waals surface area contributed by atoms with E-state index in [9.17, 15) is 9.59 Å². The van der Waals surface area contributed by atoms with Gasteiger partial charge in [0.2, 0.25) is 0 Å². The Kier molecular flexibility index (Phi) is 9.18. The Morgan fingerprint density at radius 3 is 2.39 bits per heavy atom. The Labute approximate surface area is 107 Å². The van der Waals surface area contributed by atoms with Crippen LogP contribution < -0.4 is 10.6 Å². The van der Waals surface area contributed by atoms with Crippen LogP contribution in [0, 0.1) is 12.3 Å². The van der Waals surface area contributed by atoms with Gasteiger partial charge in [-0.1, -0.05) is 5.92 Å². The second-order valence-electron chi connectivity index (χ2n) is 3.37. The molecule has 2 N–H and O–H groups in total. The molecule has 6 nitrogen and oxygen atoms in total. The van der Waals surface area contributed by atoms with Crippen molar-refractivity contribution in [3.8, 4) is 12.3 Å². The Bertz CT molecular complexity index is 299. The van der Waals surface area contributed by atoms with Crippen LogP contribution >= 0.6 is 0 Å². The molecule has 6 heteroatoms. The van der Waals surface area contributed by atoms with Crippen molar-refractivity contribution in [2.24, 2.45) is 0 Å². The zero-order valence-corrected chi connectivity index (χ0v) is 10.8. The Hall–Kier alpha value is -1.90. The summed E-state index contributed by atoms with van der Waals surface area (Å²) < 4.78 is 9.41. The first-order valence-corrected chi connectivity index (χ1v) is 5.94. The third-order valence-corrected chi connectivity index (χ3v) is 1.98. The highest BCUT2D eigenvalue weighted by atomic mass is 16.6. The number of nitrogens with one attached hydrogen (secondary N) is 2. The van der Waals surface area contributed by atoms with Crippen LogP contribution in [0.4, 0.5) is 9.59 Å². The van der Waals surface area contributed by atoms with Gasteiger partial charge in [-0.15, -0.1) is 6.42 Å². The molecule has 0 radical (unpaired) electrons. The highest BCUT2D eigenvalue weighted by Gasteiger charge is 2.09. The van der Waals surface area contributed by atoms with Crippen LogP contribution in [0.25, 0.3) is 0 Å². The summed E-state index contributed by atoms with van der Waals surface area (Å²) in [6.45, 7) is 4.53. The smallest absolute Gasteiger partial charge is 0.408 e. The number of hydrogen-bond acceptors (Lipinski definition) is 4. The van der Waals surface area contributed by atoms with Gasteiger partial charge in [-0.25, -0.2) is 9.59 Å². The van der Waals surface area contributed by atoms with Crippen molar-refractivity contribution in [1.29, 1.82) is 0 Å². The van der Waals surface area contributed by atoms with E-state index < -0.39 is 18.2 Å². The molecule has 0 aliphatic heterocycles. The van der Waals surface area contributed by atoms with Crippen LogP contribution in [0.15, 0.2) is 0 Å². The van der Waals surface area contributed by atoms with Crippen molar-refractivity contribution >= 4 is 12.2 Å². The van der Waals surface area contributed by atoms with Gasteiger partial charge in [0.25, 0.3) is 0 Å². The fraction of sp³-hybridized carbons (Fsp3) is 0.667. The lowest BCUT2D eigenvalue weighted by Crippen LogP contribution is -2.35. The predicted molar refractivity (Wildman–Crippen MR) is 67.0 cm³/mol. The summed E-state index contributed by atoms with van der Waals surface area (Å²) in [5.41, 5.74) is 0. The maximum absolute atomic E-state index is 11.1. The second-order valence-corrected chi connectivity index (χ2v) is 3.37. The van der Waals surface area contributed by atoms with E-state index in [0.29, 0.717) is 32.6 Å². The van der Waals surface area contributed by atoms with Gasteiger partial charge in [0.1, 0.15) is 0 Å². The van der Waals surface area contributed by atoms with Crippen molar-refractivity contribution in [3.05, 3.63) is 0 Å². The Morgan fingerprint density at radius 2 is 1.83 bits per heavy atom. The van der Waals surface area contributed by atoms with Crippen molar-refractivity contribution in [2.45, 2.75) is 32.7 Å². The summed E-state index contributed by atoms with van der Waals surface area (Å²) in [6.07, 6.45) is 5.49. The van der Waals surface area contributed by atoms with Gasteiger partial charge in [-0.3, -0.25) is 0 Å². The quantitative estimate of drug-likeness (QED) is 0.531. The van der Waals surface area contributed by atoms with Gasteiger partial charge in [-0.05, 0) is 26.7 Å². The lowest BCUT2D eigenvalue weighted by Gasteiger charge is -2.12. The number of hydrogen-bond donors (Lipinski definition) is 2. The summed E-state index contributed by atoms with van der Waals surface area (Å²) in [6, 6.07) is -0.395. The molecule has 0 fully saturated rings. The molecule has 0 saturated heterocycles. The van der Waals surface area contributed by atoms with Gasteiger partial charge < -0.3 is 20.1 Å². The molecule has 0 heterocycles. The summed E-state index contributed by atoms with van der Waals surface area (Å²) in [5.74, 6) is 2.45. The Morgan fingerprint density at radius 1 is 1.22 bits per heavy atom. The van der Waals surface area contributed by atoms with Crippen LogP contribution in [-0.4, -0.2) is 38.0 Å². The molecule has 0 aromatic heterocycles. The molecule has 0 saturated carbocycles. The van der Waals surface area contributed by atoms with Crippen molar-refractivity contribution in [2.75, 3.05) is 19.8 Å². The molecule has 1 unspecified atom stereocenters. The SMILES string of the molecule is C#CC(CCCNC(=O)OCC)NC(=O)OCC. The number of carbonyl (C=O) groups is 2. The maximum Gasteiger partial charge on any atom is 0.408 e. The normalized spacial score (nSPS) is 10.9. The number of terminal acetylenes is 1. The van der Waals surface area contributed by atoms with Gasteiger partial charge in [0, 0.05) is 6.54 Å². The standard InChI is InChI=1S/C12H20N2O4/c1-4-10(14-12(16)18-6-3)8-7-9-13-11(15)17-5-2/h1,10H,5-9H2,2-3H3,(H,13,15)(H,14,16). The van der Waals surface area contributed by atoms with Crippen LogP contribution in [0.3, 0.4) is 0 Å². The fourth-order valence-electron chi connectivity index (χ4n) is 1.19. The molecule has 0 aromatic carbocycles. The van der Waals surface area contributed by atoms with E-state index >= 15 is 0 Å². The molecule has 102 valence electrons. The minimum absolute atomic E-state index is 0.299. The van der Waals surface area contributed by atoms with Crippen molar-refractivity contribution in [1.82, 2.24) is 10.6 Å². The van der Waals surface area contributed by atoms with E-state index in [1.807, 2.05) is 0 Å². The van der Waals surface area contributed by atoms with Gasteiger partial charge in [0.05, 0.1) is 19.3 Å². The fourth-order valence-corrected chi connectivity index (χ4v) is 1.19. The molecule has 1 atom stereocenters. The number of amides is 2. The summed E-state index contributed by atoms with van der Waals surface area (Å²) in [7, 11) is 0. The first-order valence-electron chi connectivity index (χ1n) is 5.94. The molecule has 0 spiro atoms. The van der Waals surface area contributed by atoms with E-state index in [1.165, 1.54) is 0 Å². The van der Waals surface area contributed by atoms with Gasteiger partial charge >= 0.3 is 12.2 Å². The van der Waals surface area contributed by atoms with E-state index in [0.717, 1.165) is 0 Å².